The van der Waals surface area contributed by atoms with Crippen molar-refractivity contribution in [1.29, 1.82) is 0 Å². The Kier molecular flexibility index (Phi) is 4.49. The lowest BCUT2D eigenvalue weighted by atomic mass is 10.2. The van der Waals surface area contributed by atoms with E-state index in [1.807, 2.05) is 0 Å². The minimum atomic E-state index is -4.51. The van der Waals surface area contributed by atoms with Gasteiger partial charge in [-0.3, -0.25) is 5.32 Å². The number of anilines is 2. The van der Waals surface area contributed by atoms with Crippen LogP contribution in [0.4, 0.5) is 29.5 Å². The van der Waals surface area contributed by atoms with E-state index in [0.29, 0.717) is 21.7 Å². The molecule has 6 nitrogen and oxygen atoms in total. The molecule has 3 aromatic rings. The quantitative estimate of drug-likeness (QED) is 0.639. The molecular weight excluding hydrogens is 373 g/mol. The van der Waals surface area contributed by atoms with E-state index in [4.69, 9.17) is 16.1 Å². The molecule has 2 N–H and O–H groups in total. The lowest BCUT2D eigenvalue weighted by Crippen LogP contribution is -2.20. The van der Waals surface area contributed by atoms with Crippen molar-refractivity contribution < 1.29 is 22.5 Å². The zero-order chi connectivity index (χ0) is 19.1. The van der Waals surface area contributed by atoms with E-state index < -0.39 is 17.8 Å². The maximum Gasteiger partial charge on any atom is 0.416 e. The van der Waals surface area contributed by atoms with Gasteiger partial charge >= 0.3 is 12.2 Å². The number of nitrogens with one attached hydrogen (secondary N) is 2. The summed E-state index contributed by atoms with van der Waals surface area (Å²) in [7, 11) is 0. The smallest absolute Gasteiger partial charge is 0.334 e. The number of carbonyl (C=O) groups excluding carboxylic acids is 1. The van der Waals surface area contributed by atoms with E-state index in [1.165, 1.54) is 12.1 Å². The largest absolute Gasteiger partial charge is 0.416 e. The van der Waals surface area contributed by atoms with Crippen molar-refractivity contribution in [3.8, 4) is 0 Å². The molecule has 0 aliphatic carbocycles. The third-order valence-corrected chi connectivity index (χ3v) is 4.20. The molecule has 136 valence electrons. The molecule has 1 aromatic carbocycles. The molecule has 2 amide bonds. The fraction of sp³-hybridized carbons (Fsp3) is 0.188. The summed E-state index contributed by atoms with van der Waals surface area (Å²) in [4.78, 5) is 16.2. The van der Waals surface area contributed by atoms with Crippen molar-refractivity contribution in [2.24, 2.45) is 0 Å². The number of carbonyl (C=O) groups is 1. The monoisotopic (exact) mass is 384 g/mol. The Morgan fingerprint density at radius 2 is 1.96 bits per heavy atom. The highest BCUT2D eigenvalue weighted by molar-refractivity contribution is 6.33. The number of rotatable bonds is 2. The average molecular weight is 385 g/mol. The highest BCUT2D eigenvalue weighted by Crippen LogP contribution is 2.32. The summed E-state index contributed by atoms with van der Waals surface area (Å²) in [5.74, 6) is 0.0661. The van der Waals surface area contributed by atoms with Crippen LogP contribution in [0.1, 0.15) is 16.8 Å². The molecule has 0 fully saturated rings. The molecule has 0 saturated heterocycles. The first kappa shape index (κ1) is 18.0. The van der Waals surface area contributed by atoms with E-state index >= 15 is 0 Å². The third kappa shape index (κ3) is 3.43. The van der Waals surface area contributed by atoms with Crippen molar-refractivity contribution in [3.05, 3.63) is 46.1 Å². The highest BCUT2D eigenvalue weighted by atomic mass is 35.5. The summed E-state index contributed by atoms with van der Waals surface area (Å²) < 4.78 is 43.3. The standard InChI is InChI=1S/C16H12ClF3N4O2/c1-7-11-13(24-26-14(11)21-8(2)12(7)17)23-15(25)22-10-5-3-4-9(6-10)16(18,19)20/h3-6H,1-2H3,(H2,22,23,24,25). The van der Waals surface area contributed by atoms with E-state index in [2.05, 4.69) is 20.8 Å². The predicted octanol–water partition coefficient (Wildman–Crippen LogP) is 5.16. The Balaban J connectivity index is 1.83. The maximum atomic E-state index is 12.7. The zero-order valence-electron chi connectivity index (χ0n) is 13.5. The number of urea groups is 1. The van der Waals surface area contributed by atoms with Crippen LogP contribution >= 0.6 is 11.6 Å². The van der Waals surface area contributed by atoms with Crippen molar-refractivity contribution in [1.82, 2.24) is 10.1 Å². The molecule has 0 atom stereocenters. The van der Waals surface area contributed by atoms with Gasteiger partial charge in [0, 0.05) is 5.69 Å². The van der Waals surface area contributed by atoms with Crippen LogP contribution in [0.25, 0.3) is 11.1 Å². The van der Waals surface area contributed by atoms with E-state index in [1.54, 1.807) is 13.8 Å². The number of hydrogen-bond donors (Lipinski definition) is 2. The van der Waals surface area contributed by atoms with Crippen LogP contribution in [0.3, 0.4) is 0 Å². The molecule has 2 heterocycles. The van der Waals surface area contributed by atoms with Gasteiger partial charge < -0.3 is 9.84 Å². The summed E-state index contributed by atoms with van der Waals surface area (Å²) in [5.41, 5.74) is 0.467. The normalized spacial score (nSPS) is 11.6. The van der Waals surface area contributed by atoms with Gasteiger partial charge in [-0.1, -0.05) is 22.8 Å². The van der Waals surface area contributed by atoms with Crippen molar-refractivity contribution in [2.45, 2.75) is 20.0 Å². The van der Waals surface area contributed by atoms with Crippen molar-refractivity contribution >= 4 is 40.2 Å². The molecule has 0 bridgehead atoms. The van der Waals surface area contributed by atoms with Crippen molar-refractivity contribution in [3.63, 3.8) is 0 Å². The number of hydrogen-bond acceptors (Lipinski definition) is 4. The minimum Gasteiger partial charge on any atom is -0.334 e. The molecule has 0 radical (unpaired) electrons. The molecule has 0 unspecified atom stereocenters. The van der Waals surface area contributed by atoms with E-state index in [0.717, 1.165) is 12.1 Å². The number of pyridine rings is 1. The first-order valence-corrected chi connectivity index (χ1v) is 7.72. The van der Waals surface area contributed by atoms with Crippen LogP contribution in [0, 0.1) is 13.8 Å². The lowest BCUT2D eigenvalue weighted by molar-refractivity contribution is -0.137. The molecule has 26 heavy (non-hydrogen) atoms. The van der Waals surface area contributed by atoms with Gasteiger partial charge in [-0.05, 0) is 37.6 Å². The average Bonchev–Trinajstić information content (AvgIpc) is 2.94. The summed E-state index contributed by atoms with van der Waals surface area (Å²) in [5, 5.41) is 9.29. The SMILES string of the molecule is Cc1nc2onc(NC(=O)Nc3cccc(C(F)(F)F)c3)c2c(C)c1Cl. The molecule has 0 aliphatic heterocycles. The molecule has 2 aromatic heterocycles. The molecule has 3 rings (SSSR count). The number of aromatic nitrogens is 2. The Hall–Kier alpha value is -2.81. The second kappa shape index (κ2) is 6.49. The van der Waals surface area contributed by atoms with Gasteiger partial charge in [-0.15, -0.1) is 0 Å². The fourth-order valence-electron chi connectivity index (χ4n) is 2.41. The van der Waals surface area contributed by atoms with Gasteiger partial charge in [0.2, 0.25) is 0 Å². The summed E-state index contributed by atoms with van der Waals surface area (Å²) in [6, 6.07) is 3.49. The van der Waals surface area contributed by atoms with E-state index in [-0.39, 0.29) is 17.2 Å². The molecule has 0 aliphatic rings. The van der Waals surface area contributed by atoms with Crippen LogP contribution in [-0.4, -0.2) is 16.2 Å². The van der Waals surface area contributed by atoms with E-state index in [9.17, 15) is 18.0 Å². The highest BCUT2D eigenvalue weighted by Gasteiger charge is 2.30. The molecule has 0 spiro atoms. The fourth-order valence-corrected chi connectivity index (χ4v) is 2.54. The van der Waals surface area contributed by atoms with Crippen LogP contribution in [0.15, 0.2) is 28.8 Å². The van der Waals surface area contributed by atoms with Crippen LogP contribution in [0.2, 0.25) is 5.02 Å². The lowest BCUT2D eigenvalue weighted by Gasteiger charge is -2.10. The summed E-state index contributed by atoms with van der Waals surface area (Å²) in [6.45, 7) is 3.41. The number of nitrogens with zero attached hydrogens (tertiary/aromatic N) is 2. The number of aryl methyl sites for hydroxylation is 2. The number of amides is 2. The van der Waals surface area contributed by atoms with Gasteiger partial charge in [0.25, 0.3) is 5.71 Å². The Labute approximate surface area is 150 Å². The molecule has 10 heteroatoms. The first-order valence-electron chi connectivity index (χ1n) is 7.34. The van der Waals surface area contributed by atoms with Gasteiger partial charge in [0.1, 0.15) is 0 Å². The number of alkyl halides is 3. The summed E-state index contributed by atoms with van der Waals surface area (Å²) in [6.07, 6.45) is -4.51. The maximum absolute atomic E-state index is 12.7. The Morgan fingerprint density at radius 1 is 1.23 bits per heavy atom. The number of halogens is 4. The second-order valence-electron chi connectivity index (χ2n) is 5.51. The molecule has 0 saturated carbocycles. The molecular formula is C16H12ClF3N4O2. The van der Waals surface area contributed by atoms with Gasteiger partial charge in [-0.25, -0.2) is 9.78 Å². The van der Waals surface area contributed by atoms with Crippen LogP contribution < -0.4 is 10.6 Å². The van der Waals surface area contributed by atoms with Gasteiger partial charge in [0.05, 0.1) is 21.7 Å². The predicted molar refractivity (Wildman–Crippen MR) is 90.4 cm³/mol. The third-order valence-electron chi connectivity index (χ3n) is 3.64. The Bertz CT molecular complexity index is 1000. The second-order valence-corrected chi connectivity index (χ2v) is 5.88. The van der Waals surface area contributed by atoms with Crippen LogP contribution in [0.5, 0.6) is 0 Å². The Morgan fingerprint density at radius 3 is 2.65 bits per heavy atom. The van der Waals surface area contributed by atoms with Gasteiger partial charge in [-0.2, -0.15) is 13.2 Å². The zero-order valence-corrected chi connectivity index (χ0v) is 14.3. The van der Waals surface area contributed by atoms with Crippen molar-refractivity contribution in [2.75, 3.05) is 10.6 Å². The topological polar surface area (TPSA) is 80.1 Å². The van der Waals surface area contributed by atoms with Crippen LogP contribution in [-0.2, 0) is 6.18 Å². The first-order chi connectivity index (χ1) is 12.2. The number of benzene rings is 1. The van der Waals surface area contributed by atoms with Gasteiger partial charge in [0.15, 0.2) is 5.82 Å². The summed E-state index contributed by atoms with van der Waals surface area (Å²) >= 11 is 6.15. The number of fused-ring (bicyclic) bond motifs is 1. The minimum absolute atomic E-state index is 0.0196.